The molecule has 0 saturated carbocycles. The summed E-state index contributed by atoms with van der Waals surface area (Å²) in [6, 6.07) is 0. The number of hydrogen-bond acceptors (Lipinski definition) is 1. The van der Waals surface area contributed by atoms with Crippen molar-refractivity contribution in [1.82, 2.24) is 5.32 Å². The van der Waals surface area contributed by atoms with Gasteiger partial charge in [0.1, 0.15) is 0 Å². The van der Waals surface area contributed by atoms with E-state index >= 15 is 0 Å². The minimum absolute atomic E-state index is 0.556. The Hall–Kier alpha value is 1.25. The van der Waals surface area contributed by atoms with Gasteiger partial charge < -0.3 is 5.32 Å². The molecule has 0 fully saturated rings. The Balaban J connectivity index is 0. The molecule has 0 amide bonds. The van der Waals surface area contributed by atoms with Gasteiger partial charge in [-0.15, -0.1) is 0 Å². The second-order valence-corrected chi connectivity index (χ2v) is 15.0. The summed E-state index contributed by atoms with van der Waals surface area (Å²) in [5, 5.41) is 3.68. The molecule has 1 N–H and O–H groups in total. The fourth-order valence-corrected chi connectivity index (χ4v) is 5.72. The van der Waals surface area contributed by atoms with E-state index < -0.39 is 17.0 Å². The molecule has 0 radical (unpaired) electrons. The predicted octanol–water partition coefficient (Wildman–Crippen LogP) is 14.5. The van der Waals surface area contributed by atoms with Crippen LogP contribution in [0.4, 0.5) is 0 Å². The van der Waals surface area contributed by atoms with Crippen LogP contribution in [0, 0.1) is 0 Å². The molecule has 0 aromatic rings. The maximum absolute atomic E-state index is 4.89. The van der Waals surface area contributed by atoms with E-state index in [0.29, 0.717) is 0 Å². The Labute approximate surface area is 271 Å². The number of hydrogen-bond donors (Lipinski definition) is 1. The zero-order valence-electron chi connectivity index (χ0n) is 27.8. The van der Waals surface area contributed by atoms with Crippen LogP contribution in [0.25, 0.3) is 0 Å². The Morgan fingerprint density at radius 3 is 0.625 bits per heavy atom. The Kier molecular flexibility index (Phi) is 48.5. The van der Waals surface area contributed by atoms with Gasteiger partial charge in [-0.05, 0) is 25.9 Å². The first-order chi connectivity index (χ1) is 19.8. The van der Waals surface area contributed by atoms with Gasteiger partial charge in [-0.1, -0.05) is 206 Å². The van der Waals surface area contributed by atoms with Crippen molar-refractivity contribution in [2.45, 2.75) is 219 Å². The van der Waals surface area contributed by atoms with Gasteiger partial charge in [0.15, 0.2) is 0 Å². The van der Waals surface area contributed by atoms with Gasteiger partial charge in [-0.25, -0.2) is 0 Å². The summed E-state index contributed by atoms with van der Waals surface area (Å²) in [4.78, 5) is 0. The molecule has 4 heteroatoms. The normalized spacial score (nSPS) is 11.0. The first kappa shape index (κ1) is 43.4. The monoisotopic (exact) mass is 639 g/mol. The van der Waals surface area contributed by atoms with Crippen LogP contribution in [0.15, 0.2) is 0 Å². The molecule has 0 unspecified atom stereocenters. The van der Waals surface area contributed by atoms with Crippen molar-refractivity contribution in [2.75, 3.05) is 13.1 Å². The van der Waals surface area contributed by atoms with E-state index in [0.717, 1.165) is 0 Å². The molecule has 1 nitrogen and oxygen atoms in total. The van der Waals surface area contributed by atoms with Gasteiger partial charge in [-0.3, -0.25) is 0 Å². The fourth-order valence-electron chi connectivity index (χ4n) is 5.72. The summed E-state index contributed by atoms with van der Waals surface area (Å²) in [7, 11) is 9.78. The molecule has 40 heavy (non-hydrogen) atoms. The van der Waals surface area contributed by atoms with E-state index in [9.17, 15) is 0 Å². The molecule has 0 aromatic heterocycles. The quantitative estimate of drug-likeness (QED) is 0.0545. The Bertz CT molecular complexity index is 363. The van der Waals surface area contributed by atoms with Crippen LogP contribution in [0.5, 0.6) is 0 Å². The Morgan fingerprint density at radius 1 is 0.300 bits per heavy atom. The van der Waals surface area contributed by atoms with Crippen LogP contribution in [-0.2, 0) is 17.0 Å². The van der Waals surface area contributed by atoms with Crippen molar-refractivity contribution in [2.24, 2.45) is 0 Å². The van der Waals surface area contributed by atoms with Gasteiger partial charge in [0.05, 0.1) is 0 Å². The molecular weight excluding hydrogens is 565 g/mol. The number of unbranched alkanes of at least 4 members (excludes halogenated alkanes) is 30. The van der Waals surface area contributed by atoms with Crippen molar-refractivity contribution in [3.8, 4) is 0 Å². The summed E-state index contributed by atoms with van der Waals surface area (Å²) in [6.45, 7) is 7.11. The van der Waals surface area contributed by atoms with Crippen LogP contribution in [0.2, 0.25) is 0 Å². The van der Waals surface area contributed by atoms with Gasteiger partial charge in [0, 0.05) is 0 Å². The second-order valence-electron chi connectivity index (χ2n) is 12.4. The van der Waals surface area contributed by atoms with Gasteiger partial charge in [-0.2, -0.15) is 0 Å². The van der Waals surface area contributed by atoms with Crippen molar-refractivity contribution in [3.05, 3.63) is 0 Å². The Morgan fingerprint density at radius 2 is 0.450 bits per heavy atom. The van der Waals surface area contributed by atoms with Crippen LogP contribution in [0.3, 0.4) is 0 Å². The summed E-state index contributed by atoms with van der Waals surface area (Å²) in [5.41, 5.74) is 0. The van der Waals surface area contributed by atoms with Crippen LogP contribution >= 0.6 is 18.6 Å². The van der Waals surface area contributed by atoms with Crippen molar-refractivity contribution in [1.29, 1.82) is 0 Å². The van der Waals surface area contributed by atoms with Crippen molar-refractivity contribution >= 4 is 18.6 Å². The molecule has 0 saturated heterocycles. The summed E-state index contributed by atoms with van der Waals surface area (Å²) < 4.78 is 0. The van der Waals surface area contributed by atoms with Gasteiger partial charge >= 0.3 is 35.6 Å². The van der Waals surface area contributed by atoms with Crippen LogP contribution in [0.1, 0.15) is 219 Å². The number of halogens is 2. The van der Waals surface area contributed by atoms with Crippen LogP contribution < -0.4 is 5.32 Å². The van der Waals surface area contributed by atoms with E-state index in [2.05, 4.69) is 19.2 Å². The average Bonchev–Trinajstić information content (AvgIpc) is 2.96. The predicted molar refractivity (Wildman–Crippen MR) is 184 cm³/mol. The summed E-state index contributed by atoms with van der Waals surface area (Å²) in [6.07, 6.45) is 46.7. The fraction of sp³-hybridized carbons (Fsp3) is 1.00. The molecule has 0 aliphatic rings. The molecule has 0 aliphatic heterocycles. The van der Waals surface area contributed by atoms with E-state index in [1.165, 1.54) is 219 Å². The van der Waals surface area contributed by atoms with Crippen LogP contribution in [-0.4, -0.2) is 13.1 Å². The molecule has 0 bridgehead atoms. The third-order valence-corrected chi connectivity index (χ3v) is 8.41. The van der Waals surface area contributed by atoms with E-state index in [1.807, 2.05) is 0 Å². The summed E-state index contributed by atoms with van der Waals surface area (Å²) in [5.74, 6) is 0. The molecule has 0 atom stereocenters. The first-order valence-corrected chi connectivity index (χ1v) is 22.8. The molecule has 242 valence electrons. The molecule has 0 rings (SSSR count). The third-order valence-electron chi connectivity index (χ3n) is 8.41. The standard InChI is InChI=1S/C36H75N.2ClH.Ti/c1-3-5-7-9-11-13-15-17-19-21-23-25-27-29-31-33-35-37-36-34-32-30-28-26-24-22-20-18-16-14-12-10-8-6-4-2;;;/h37H,3-36H2,1-2H3;2*1H;/q;;;+2/p-2. The zero-order valence-corrected chi connectivity index (χ0v) is 30.9. The van der Waals surface area contributed by atoms with E-state index in [1.54, 1.807) is 0 Å². The van der Waals surface area contributed by atoms with Gasteiger partial charge in [0.2, 0.25) is 0 Å². The molecule has 0 heterocycles. The topological polar surface area (TPSA) is 12.0 Å². The maximum atomic E-state index is 4.89. The molecule has 0 aromatic carbocycles. The van der Waals surface area contributed by atoms with Crippen molar-refractivity contribution < 1.29 is 17.0 Å². The first-order valence-electron chi connectivity index (χ1n) is 18.5. The summed E-state index contributed by atoms with van der Waals surface area (Å²) >= 11 is -0.556. The number of nitrogens with one attached hydrogen (secondary N) is 1. The molecule has 0 aliphatic carbocycles. The average molecular weight is 641 g/mol. The number of rotatable bonds is 34. The van der Waals surface area contributed by atoms with E-state index in [-0.39, 0.29) is 0 Å². The SMILES string of the molecule is CCCCCCCCCCCCCCCCCCNCCCCCCCCCCCCCCCCCC.[Cl][Ti][Cl]. The van der Waals surface area contributed by atoms with Crippen molar-refractivity contribution in [3.63, 3.8) is 0 Å². The van der Waals surface area contributed by atoms with Gasteiger partial charge in [0.25, 0.3) is 0 Å². The molecule has 0 spiro atoms. The zero-order chi connectivity index (χ0) is 29.5. The minimum atomic E-state index is -0.556. The third kappa shape index (κ3) is 46.2. The van der Waals surface area contributed by atoms with E-state index in [4.69, 9.17) is 18.6 Å². The second kappa shape index (κ2) is 44.7. The molecular formula is C36H75Cl2NTi.